The molecular formula is C11H18O2. The van der Waals surface area contributed by atoms with Crippen LogP contribution in [0, 0.1) is 11.8 Å². The van der Waals surface area contributed by atoms with Crippen molar-refractivity contribution in [3.63, 3.8) is 0 Å². The molecule has 1 saturated heterocycles. The Balaban J connectivity index is 2.31. The largest absolute Gasteiger partial charge is 0.389 e. The number of fused-ring (bicyclic) bond motifs is 2. The Hall–Kier alpha value is -0.340. The lowest BCUT2D eigenvalue weighted by molar-refractivity contribution is -0.182. The molecule has 0 aromatic carbocycles. The maximum Gasteiger partial charge on any atom is 0.0818 e. The first kappa shape index (κ1) is 9.22. The minimum absolute atomic E-state index is 0.131. The molecule has 2 aliphatic rings. The van der Waals surface area contributed by atoms with Crippen LogP contribution in [0.2, 0.25) is 0 Å². The first-order valence-electron chi connectivity index (χ1n) is 5.15. The summed E-state index contributed by atoms with van der Waals surface area (Å²) in [5.74, 6) is 0.421. The Kier molecular flexibility index (Phi) is 2.00. The van der Waals surface area contributed by atoms with Crippen molar-refractivity contribution in [2.75, 3.05) is 0 Å². The molecule has 2 aliphatic heterocycles. The molecule has 13 heavy (non-hydrogen) atoms. The van der Waals surface area contributed by atoms with Crippen molar-refractivity contribution < 1.29 is 9.84 Å². The van der Waals surface area contributed by atoms with E-state index in [0.717, 1.165) is 6.42 Å². The second-order valence-electron chi connectivity index (χ2n) is 4.37. The first-order chi connectivity index (χ1) is 6.09. The number of rotatable bonds is 1. The molecule has 2 rings (SSSR count). The van der Waals surface area contributed by atoms with Gasteiger partial charge in [-0.2, -0.15) is 0 Å². The normalized spacial score (nSPS) is 54.2. The van der Waals surface area contributed by atoms with Gasteiger partial charge in [0.15, 0.2) is 0 Å². The van der Waals surface area contributed by atoms with Crippen LogP contribution in [0.25, 0.3) is 0 Å². The number of hydrogen-bond donors (Lipinski definition) is 1. The third-order valence-corrected chi connectivity index (χ3v) is 3.93. The van der Waals surface area contributed by atoms with Gasteiger partial charge in [0, 0.05) is 11.8 Å². The van der Waals surface area contributed by atoms with Crippen molar-refractivity contribution in [2.45, 2.75) is 45.0 Å². The topological polar surface area (TPSA) is 29.5 Å². The van der Waals surface area contributed by atoms with Gasteiger partial charge in [-0.3, -0.25) is 0 Å². The minimum atomic E-state index is -0.545. The SMILES string of the molecule is CCC1(O)[C@H](C)C2C=CC(O2)[C@@H]1C. The van der Waals surface area contributed by atoms with Crippen LogP contribution in [-0.2, 0) is 4.74 Å². The molecule has 0 saturated carbocycles. The van der Waals surface area contributed by atoms with Crippen molar-refractivity contribution >= 4 is 0 Å². The Bertz CT molecular complexity index is 216. The fourth-order valence-electron chi connectivity index (χ4n) is 2.69. The highest BCUT2D eigenvalue weighted by Gasteiger charge is 2.51. The molecule has 0 radical (unpaired) electrons. The molecule has 0 spiro atoms. The Morgan fingerprint density at radius 1 is 1.23 bits per heavy atom. The van der Waals surface area contributed by atoms with Crippen molar-refractivity contribution in [3.8, 4) is 0 Å². The van der Waals surface area contributed by atoms with E-state index in [-0.39, 0.29) is 24.0 Å². The molecule has 0 amide bonds. The summed E-state index contributed by atoms with van der Waals surface area (Å²) in [6.07, 6.45) is 5.27. The first-order valence-corrected chi connectivity index (χ1v) is 5.15. The van der Waals surface area contributed by atoms with Gasteiger partial charge in [0.1, 0.15) is 0 Å². The summed E-state index contributed by atoms with van der Waals surface area (Å²) in [5.41, 5.74) is -0.545. The van der Waals surface area contributed by atoms with Gasteiger partial charge in [-0.05, 0) is 6.42 Å². The van der Waals surface area contributed by atoms with Crippen LogP contribution in [0.1, 0.15) is 27.2 Å². The lowest BCUT2D eigenvalue weighted by Gasteiger charge is -2.46. The van der Waals surface area contributed by atoms with Crippen LogP contribution >= 0.6 is 0 Å². The monoisotopic (exact) mass is 182 g/mol. The lowest BCUT2D eigenvalue weighted by atomic mass is 9.72. The molecule has 1 N–H and O–H groups in total. The molecule has 5 atom stereocenters. The van der Waals surface area contributed by atoms with Crippen LogP contribution in [0.3, 0.4) is 0 Å². The van der Waals surface area contributed by atoms with E-state index >= 15 is 0 Å². The van der Waals surface area contributed by atoms with Crippen molar-refractivity contribution in [2.24, 2.45) is 11.8 Å². The summed E-state index contributed by atoms with van der Waals surface area (Å²) < 4.78 is 5.75. The van der Waals surface area contributed by atoms with Crippen LogP contribution in [0.5, 0.6) is 0 Å². The van der Waals surface area contributed by atoms with Crippen LogP contribution in [0.4, 0.5) is 0 Å². The predicted molar refractivity (Wildman–Crippen MR) is 51.4 cm³/mol. The molecule has 0 aromatic heterocycles. The molecule has 0 aromatic rings. The average Bonchev–Trinajstić information content (AvgIpc) is 2.59. The van der Waals surface area contributed by atoms with E-state index in [1.165, 1.54) is 0 Å². The highest BCUT2D eigenvalue weighted by molar-refractivity contribution is 5.15. The van der Waals surface area contributed by atoms with Gasteiger partial charge >= 0.3 is 0 Å². The summed E-state index contributed by atoms with van der Waals surface area (Å²) in [6, 6.07) is 0. The fourth-order valence-corrected chi connectivity index (χ4v) is 2.69. The second-order valence-corrected chi connectivity index (χ2v) is 4.37. The Labute approximate surface area is 79.6 Å². The van der Waals surface area contributed by atoms with Gasteiger partial charge in [0.2, 0.25) is 0 Å². The smallest absolute Gasteiger partial charge is 0.0818 e. The zero-order valence-electron chi connectivity index (χ0n) is 8.53. The van der Waals surface area contributed by atoms with Gasteiger partial charge in [0.05, 0.1) is 17.8 Å². The highest BCUT2D eigenvalue weighted by atomic mass is 16.5. The zero-order valence-corrected chi connectivity index (χ0v) is 8.53. The molecular weight excluding hydrogens is 164 g/mol. The summed E-state index contributed by atoms with van der Waals surface area (Å²) in [6.45, 7) is 6.21. The lowest BCUT2D eigenvalue weighted by Crippen LogP contribution is -2.54. The third kappa shape index (κ3) is 1.09. The van der Waals surface area contributed by atoms with E-state index in [0.29, 0.717) is 0 Å². The Morgan fingerprint density at radius 3 is 2.08 bits per heavy atom. The maximum atomic E-state index is 10.5. The predicted octanol–water partition coefficient (Wildman–Crippen LogP) is 1.74. The van der Waals surface area contributed by atoms with Gasteiger partial charge < -0.3 is 9.84 Å². The number of aliphatic hydroxyl groups is 1. The minimum Gasteiger partial charge on any atom is -0.389 e. The molecule has 2 heterocycles. The third-order valence-electron chi connectivity index (χ3n) is 3.93. The van der Waals surface area contributed by atoms with Crippen molar-refractivity contribution in [1.29, 1.82) is 0 Å². The van der Waals surface area contributed by atoms with Crippen LogP contribution < -0.4 is 0 Å². The summed E-state index contributed by atoms with van der Waals surface area (Å²) in [5, 5.41) is 10.5. The Morgan fingerprint density at radius 2 is 1.69 bits per heavy atom. The van der Waals surface area contributed by atoms with E-state index in [1.54, 1.807) is 0 Å². The van der Waals surface area contributed by atoms with E-state index in [1.807, 2.05) is 0 Å². The molecule has 74 valence electrons. The van der Waals surface area contributed by atoms with Crippen LogP contribution in [0.15, 0.2) is 12.2 Å². The number of hydrogen-bond acceptors (Lipinski definition) is 2. The quantitative estimate of drug-likeness (QED) is 0.626. The molecule has 0 aliphatic carbocycles. The maximum absolute atomic E-state index is 10.5. The molecule has 2 bridgehead atoms. The van der Waals surface area contributed by atoms with Gasteiger partial charge in [-0.15, -0.1) is 0 Å². The van der Waals surface area contributed by atoms with E-state index in [2.05, 4.69) is 32.9 Å². The van der Waals surface area contributed by atoms with E-state index < -0.39 is 5.60 Å². The van der Waals surface area contributed by atoms with Gasteiger partial charge in [-0.25, -0.2) is 0 Å². The van der Waals surface area contributed by atoms with E-state index in [4.69, 9.17) is 4.74 Å². The van der Waals surface area contributed by atoms with Gasteiger partial charge in [-0.1, -0.05) is 32.9 Å². The highest BCUT2D eigenvalue weighted by Crippen LogP contribution is 2.44. The molecule has 3 unspecified atom stereocenters. The fraction of sp³-hybridized carbons (Fsp3) is 0.818. The molecule has 2 nitrogen and oxygen atoms in total. The molecule has 1 fully saturated rings. The number of ether oxygens (including phenoxy) is 1. The van der Waals surface area contributed by atoms with Crippen molar-refractivity contribution in [3.05, 3.63) is 12.2 Å². The van der Waals surface area contributed by atoms with Crippen LogP contribution in [-0.4, -0.2) is 22.9 Å². The second kappa shape index (κ2) is 2.82. The standard InChI is InChI=1S/C11H18O2/c1-4-11(12)7(2)9-5-6-10(13-9)8(11)3/h5-10,12H,4H2,1-3H3/t7-,8+,9?,10?,11?. The van der Waals surface area contributed by atoms with Crippen molar-refractivity contribution in [1.82, 2.24) is 0 Å². The zero-order chi connectivity index (χ0) is 9.64. The summed E-state index contributed by atoms with van der Waals surface area (Å²) in [7, 11) is 0. The molecule has 2 heteroatoms. The summed E-state index contributed by atoms with van der Waals surface area (Å²) >= 11 is 0. The average molecular weight is 182 g/mol. The summed E-state index contributed by atoms with van der Waals surface area (Å²) in [4.78, 5) is 0. The van der Waals surface area contributed by atoms with E-state index in [9.17, 15) is 5.11 Å². The van der Waals surface area contributed by atoms with Gasteiger partial charge in [0.25, 0.3) is 0 Å².